The van der Waals surface area contributed by atoms with Crippen molar-refractivity contribution in [1.82, 2.24) is 14.1 Å². The summed E-state index contributed by atoms with van der Waals surface area (Å²) in [5, 5.41) is 0.223. The second-order valence-electron chi connectivity index (χ2n) is 6.49. The van der Waals surface area contributed by atoms with E-state index in [1.54, 1.807) is 23.1 Å². The molecule has 1 aliphatic rings. The molecular weight excluding hydrogens is 374 g/mol. The second kappa shape index (κ2) is 9.69. The number of piperazine rings is 1. The molecule has 0 radical (unpaired) electrons. The van der Waals surface area contributed by atoms with E-state index in [0.717, 1.165) is 25.9 Å². The highest BCUT2D eigenvalue weighted by molar-refractivity contribution is 7.89. The van der Waals surface area contributed by atoms with Crippen molar-refractivity contribution in [2.45, 2.75) is 31.6 Å². The Morgan fingerprint density at radius 3 is 2.19 bits per heavy atom. The van der Waals surface area contributed by atoms with E-state index in [1.807, 2.05) is 0 Å². The summed E-state index contributed by atoms with van der Waals surface area (Å²) in [5.41, 5.74) is 0. The number of benzene rings is 1. The third-order valence-corrected chi connectivity index (χ3v) is 6.88. The molecule has 8 heteroatoms. The fraction of sp³-hybridized carbons (Fsp3) is 0.611. The van der Waals surface area contributed by atoms with Crippen LogP contribution >= 0.6 is 11.6 Å². The maximum Gasteiger partial charge on any atom is 0.244 e. The van der Waals surface area contributed by atoms with E-state index in [-0.39, 0.29) is 15.8 Å². The molecule has 1 aromatic rings. The van der Waals surface area contributed by atoms with Crippen LogP contribution in [0, 0.1) is 0 Å². The van der Waals surface area contributed by atoms with Gasteiger partial charge in [0.25, 0.3) is 0 Å². The molecule has 1 saturated heterocycles. The van der Waals surface area contributed by atoms with E-state index >= 15 is 0 Å². The van der Waals surface area contributed by atoms with Crippen molar-refractivity contribution in [3.8, 4) is 0 Å². The predicted octanol–water partition coefficient (Wildman–Crippen LogP) is 2.29. The van der Waals surface area contributed by atoms with Crippen LogP contribution in [-0.4, -0.2) is 74.2 Å². The van der Waals surface area contributed by atoms with Crippen LogP contribution in [0.4, 0.5) is 0 Å². The van der Waals surface area contributed by atoms with Gasteiger partial charge in [0, 0.05) is 26.2 Å². The number of rotatable bonds is 8. The summed E-state index contributed by atoms with van der Waals surface area (Å²) in [6, 6.07) is 6.46. The highest BCUT2D eigenvalue weighted by atomic mass is 35.5. The van der Waals surface area contributed by atoms with Crippen LogP contribution in [0.15, 0.2) is 29.2 Å². The summed E-state index contributed by atoms with van der Waals surface area (Å²) >= 11 is 6.05. The molecule has 0 bridgehead atoms. The van der Waals surface area contributed by atoms with Gasteiger partial charge in [0.1, 0.15) is 4.90 Å². The maximum atomic E-state index is 12.8. The Kier molecular flexibility index (Phi) is 7.88. The van der Waals surface area contributed by atoms with Gasteiger partial charge >= 0.3 is 0 Å². The minimum Gasteiger partial charge on any atom is -0.339 e. The van der Waals surface area contributed by atoms with Gasteiger partial charge in [-0.15, -0.1) is 0 Å². The highest BCUT2D eigenvalue weighted by Gasteiger charge is 2.31. The lowest BCUT2D eigenvalue weighted by Gasteiger charge is -2.35. The summed E-state index contributed by atoms with van der Waals surface area (Å²) in [6.45, 7) is 7.82. The number of nitrogens with zero attached hydrogens (tertiary/aromatic N) is 3. The SMILES string of the molecule is CCCN(CCC)CC(=O)N1CCN(S(=O)(=O)c2ccccc2Cl)CC1. The lowest BCUT2D eigenvalue weighted by Crippen LogP contribution is -2.52. The first-order valence-electron chi connectivity index (χ1n) is 9.15. The van der Waals surface area contributed by atoms with Crippen molar-refractivity contribution in [3.63, 3.8) is 0 Å². The topological polar surface area (TPSA) is 60.9 Å². The molecule has 6 nitrogen and oxygen atoms in total. The molecule has 0 aliphatic carbocycles. The second-order valence-corrected chi connectivity index (χ2v) is 8.80. The maximum absolute atomic E-state index is 12.8. The Hall–Kier alpha value is -1.15. The van der Waals surface area contributed by atoms with Gasteiger partial charge in [-0.25, -0.2) is 8.42 Å². The molecule has 0 N–H and O–H groups in total. The Morgan fingerprint density at radius 1 is 1.08 bits per heavy atom. The molecule has 26 heavy (non-hydrogen) atoms. The number of hydrogen-bond donors (Lipinski definition) is 0. The number of carbonyl (C=O) groups is 1. The zero-order chi connectivity index (χ0) is 19.2. The molecule has 0 spiro atoms. The summed E-state index contributed by atoms with van der Waals surface area (Å²) in [5.74, 6) is 0.0710. The van der Waals surface area contributed by atoms with Crippen molar-refractivity contribution in [2.24, 2.45) is 0 Å². The average molecular weight is 402 g/mol. The lowest BCUT2D eigenvalue weighted by molar-refractivity contribution is -0.133. The standard InChI is InChI=1S/C18H28ClN3O3S/c1-3-9-20(10-4-2)15-18(23)21-11-13-22(14-12-21)26(24,25)17-8-6-5-7-16(17)19/h5-8H,3-4,9-15H2,1-2H3. The van der Waals surface area contributed by atoms with Crippen LogP contribution in [0.5, 0.6) is 0 Å². The molecule has 1 fully saturated rings. The molecular formula is C18H28ClN3O3S. The molecule has 0 aromatic heterocycles. The predicted molar refractivity (Wildman–Crippen MR) is 104 cm³/mol. The quantitative estimate of drug-likeness (QED) is 0.670. The monoisotopic (exact) mass is 401 g/mol. The zero-order valence-corrected chi connectivity index (χ0v) is 17.1. The average Bonchev–Trinajstić information content (AvgIpc) is 2.62. The molecule has 146 valence electrons. The van der Waals surface area contributed by atoms with Crippen molar-refractivity contribution in [3.05, 3.63) is 29.3 Å². The van der Waals surface area contributed by atoms with Crippen LogP contribution in [0.3, 0.4) is 0 Å². The summed E-state index contributed by atoms with van der Waals surface area (Å²) < 4.78 is 26.9. The fourth-order valence-electron chi connectivity index (χ4n) is 3.16. The van der Waals surface area contributed by atoms with E-state index in [4.69, 9.17) is 11.6 Å². The first kappa shape index (κ1) is 21.2. The number of sulfonamides is 1. The number of hydrogen-bond acceptors (Lipinski definition) is 4. The molecule has 0 unspecified atom stereocenters. The van der Waals surface area contributed by atoms with Gasteiger partial charge in [0.2, 0.25) is 15.9 Å². The number of amides is 1. The first-order chi connectivity index (χ1) is 12.4. The van der Waals surface area contributed by atoms with Crippen molar-refractivity contribution >= 4 is 27.5 Å². The largest absolute Gasteiger partial charge is 0.339 e. The van der Waals surface area contributed by atoms with Crippen LogP contribution in [0.1, 0.15) is 26.7 Å². The smallest absolute Gasteiger partial charge is 0.244 e. The lowest BCUT2D eigenvalue weighted by atomic mass is 10.3. The summed E-state index contributed by atoms with van der Waals surface area (Å²) in [7, 11) is -3.63. The zero-order valence-electron chi connectivity index (χ0n) is 15.5. The molecule has 1 heterocycles. The van der Waals surface area contributed by atoms with Gasteiger partial charge in [-0.2, -0.15) is 4.31 Å². The van der Waals surface area contributed by atoms with Gasteiger partial charge in [-0.3, -0.25) is 9.69 Å². The van der Waals surface area contributed by atoms with Gasteiger partial charge < -0.3 is 4.90 Å². The van der Waals surface area contributed by atoms with Crippen molar-refractivity contribution in [2.75, 3.05) is 45.8 Å². The third kappa shape index (κ3) is 5.19. The Bertz CT molecular complexity index is 697. The molecule has 1 aliphatic heterocycles. The molecule has 1 amide bonds. The Balaban J connectivity index is 1.96. The van der Waals surface area contributed by atoms with Gasteiger partial charge in [-0.1, -0.05) is 37.6 Å². The van der Waals surface area contributed by atoms with Crippen LogP contribution in [0.25, 0.3) is 0 Å². The van der Waals surface area contributed by atoms with Crippen LogP contribution in [0.2, 0.25) is 5.02 Å². The molecule has 2 rings (SSSR count). The normalized spacial score (nSPS) is 16.2. The third-order valence-electron chi connectivity index (χ3n) is 4.48. The molecule has 0 atom stereocenters. The minimum atomic E-state index is -3.63. The van der Waals surface area contributed by atoms with E-state index in [2.05, 4.69) is 18.7 Å². The van der Waals surface area contributed by atoms with E-state index in [9.17, 15) is 13.2 Å². The first-order valence-corrected chi connectivity index (χ1v) is 11.0. The van der Waals surface area contributed by atoms with Crippen LogP contribution in [-0.2, 0) is 14.8 Å². The summed E-state index contributed by atoms with van der Waals surface area (Å²) in [4.78, 5) is 16.6. The molecule has 1 aromatic carbocycles. The highest BCUT2D eigenvalue weighted by Crippen LogP contribution is 2.25. The van der Waals surface area contributed by atoms with Crippen LogP contribution < -0.4 is 0 Å². The van der Waals surface area contributed by atoms with Crippen molar-refractivity contribution < 1.29 is 13.2 Å². The van der Waals surface area contributed by atoms with E-state index in [0.29, 0.717) is 32.7 Å². The van der Waals surface area contributed by atoms with Gasteiger partial charge in [-0.05, 0) is 38.1 Å². The van der Waals surface area contributed by atoms with Crippen molar-refractivity contribution in [1.29, 1.82) is 0 Å². The Morgan fingerprint density at radius 2 is 1.65 bits per heavy atom. The minimum absolute atomic E-state index is 0.0710. The number of carbonyl (C=O) groups excluding carboxylic acids is 1. The van der Waals surface area contributed by atoms with E-state index < -0.39 is 10.0 Å². The molecule has 0 saturated carbocycles. The van der Waals surface area contributed by atoms with E-state index in [1.165, 1.54) is 10.4 Å². The Labute approximate surface area is 161 Å². The van der Waals surface area contributed by atoms with Gasteiger partial charge in [0.15, 0.2) is 0 Å². The van der Waals surface area contributed by atoms with Gasteiger partial charge in [0.05, 0.1) is 11.6 Å². The summed E-state index contributed by atoms with van der Waals surface area (Å²) in [6.07, 6.45) is 2.02. The fourth-order valence-corrected chi connectivity index (χ4v) is 5.08. The number of halogens is 1.